The fourth-order valence-electron chi connectivity index (χ4n) is 7.68. The van der Waals surface area contributed by atoms with Crippen molar-refractivity contribution in [2.45, 2.75) is 43.9 Å². The van der Waals surface area contributed by atoms with Crippen LogP contribution in [0.2, 0.25) is 0 Å². The average Bonchev–Trinajstić information content (AvgIpc) is 4.05. The SMILES string of the molecule is COC(=O)N[C@@H](C)C(=O)N1CCOC[C@H]1c1ncc(-c2ccc3cc(-c4ccc(-c5cnc([C@@H]6CCCN6C(=O)[C@H](N)c6ccccc6)[nH]5)cc4)ccc3c2)[nH]1. The second-order valence-electron chi connectivity index (χ2n) is 14.3. The van der Waals surface area contributed by atoms with Crippen molar-refractivity contribution in [3.05, 3.63) is 121 Å². The Bertz CT molecular complexity index is 2360. The highest BCUT2D eigenvalue weighted by Crippen LogP contribution is 2.35. The van der Waals surface area contributed by atoms with E-state index in [1.54, 1.807) is 18.0 Å². The maximum absolute atomic E-state index is 13.4. The van der Waals surface area contributed by atoms with Gasteiger partial charge in [0.2, 0.25) is 11.8 Å². The number of aromatic amines is 2. The maximum Gasteiger partial charge on any atom is 0.407 e. The summed E-state index contributed by atoms with van der Waals surface area (Å²) in [7, 11) is 1.26. The summed E-state index contributed by atoms with van der Waals surface area (Å²) in [5, 5.41) is 4.72. The molecule has 13 nitrogen and oxygen atoms in total. The monoisotopic (exact) mass is 752 g/mol. The fourth-order valence-corrected chi connectivity index (χ4v) is 7.68. The van der Waals surface area contributed by atoms with E-state index in [0.29, 0.717) is 32.1 Å². The molecule has 0 saturated carbocycles. The topological polar surface area (TPSA) is 172 Å². The van der Waals surface area contributed by atoms with Crippen molar-refractivity contribution in [1.82, 2.24) is 35.1 Å². The third-order valence-corrected chi connectivity index (χ3v) is 10.8. The van der Waals surface area contributed by atoms with Gasteiger partial charge in [-0.1, -0.05) is 78.9 Å². The number of nitrogens with one attached hydrogen (secondary N) is 3. The first-order valence-corrected chi connectivity index (χ1v) is 18.9. The number of carbonyl (C=O) groups excluding carboxylic acids is 3. The summed E-state index contributed by atoms with van der Waals surface area (Å²) in [6.45, 7) is 3.36. The van der Waals surface area contributed by atoms with Gasteiger partial charge in [0.1, 0.15) is 29.8 Å². The van der Waals surface area contributed by atoms with Gasteiger partial charge in [-0.05, 0) is 64.9 Å². The minimum Gasteiger partial charge on any atom is -0.453 e. The summed E-state index contributed by atoms with van der Waals surface area (Å²) in [6, 6.07) is 28.5. The molecule has 6 aromatic rings. The molecule has 3 amide bonds. The standard InChI is InChI=1S/C43H44N8O5/c1-26(47-43(54)55-2)41(52)51-19-20-56-25-37(51)40-46-24-35(49-40)33-17-16-31-21-30(14-15-32(31)22-33)27-10-12-28(13-11-27)34-23-45-39(48-34)36-9-6-18-50(36)42(53)38(44)29-7-4-3-5-8-29/h3-5,7-8,10-17,21-24,26,36-38H,6,9,18-20,25,44H2,1-2H3,(H,45,48)(H,46,49)(H,47,54)/t26-,36-,37-,38+/m0/s1. The zero-order chi connectivity index (χ0) is 38.8. The quantitative estimate of drug-likeness (QED) is 0.133. The number of nitrogens with zero attached hydrogens (tertiary/aromatic N) is 4. The maximum atomic E-state index is 13.4. The van der Waals surface area contributed by atoms with Crippen LogP contribution in [0.25, 0.3) is 44.4 Å². The van der Waals surface area contributed by atoms with E-state index in [0.717, 1.165) is 68.6 Å². The van der Waals surface area contributed by atoms with Crippen LogP contribution < -0.4 is 11.1 Å². The van der Waals surface area contributed by atoms with Crippen LogP contribution in [0.15, 0.2) is 103 Å². The molecule has 2 aliphatic heterocycles. The van der Waals surface area contributed by atoms with E-state index in [1.807, 2.05) is 41.4 Å². The van der Waals surface area contributed by atoms with Gasteiger partial charge in [0.05, 0.1) is 50.1 Å². The number of imidazole rings is 2. The number of likely N-dealkylation sites (tertiary alicyclic amines) is 1. The van der Waals surface area contributed by atoms with Crippen molar-refractivity contribution in [3.63, 3.8) is 0 Å². The molecular formula is C43H44N8O5. The Kier molecular flexibility index (Phi) is 10.3. The summed E-state index contributed by atoms with van der Waals surface area (Å²) in [5.74, 6) is 1.06. The van der Waals surface area contributed by atoms with E-state index in [1.165, 1.54) is 7.11 Å². The van der Waals surface area contributed by atoms with Crippen LogP contribution in [0.4, 0.5) is 4.79 Å². The molecule has 2 fully saturated rings. The Hall–Kier alpha value is -6.31. The van der Waals surface area contributed by atoms with Gasteiger partial charge in [-0.3, -0.25) is 9.59 Å². The van der Waals surface area contributed by atoms with Crippen molar-refractivity contribution < 1.29 is 23.9 Å². The van der Waals surface area contributed by atoms with Gasteiger partial charge in [0, 0.05) is 18.7 Å². The molecule has 13 heteroatoms. The molecule has 4 heterocycles. The highest BCUT2D eigenvalue weighted by atomic mass is 16.5. The van der Waals surface area contributed by atoms with Crippen LogP contribution in [-0.4, -0.2) is 87.1 Å². The van der Waals surface area contributed by atoms with Crippen LogP contribution in [0, 0.1) is 0 Å². The first-order valence-electron chi connectivity index (χ1n) is 18.9. The largest absolute Gasteiger partial charge is 0.453 e. The van der Waals surface area contributed by atoms with E-state index in [2.05, 4.69) is 85.7 Å². The lowest BCUT2D eigenvalue weighted by molar-refractivity contribution is -0.142. The van der Waals surface area contributed by atoms with Crippen molar-refractivity contribution in [2.24, 2.45) is 5.73 Å². The molecule has 4 aromatic carbocycles. The summed E-state index contributed by atoms with van der Waals surface area (Å²) >= 11 is 0. The second kappa shape index (κ2) is 15.8. The van der Waals surface area contributed by atoms with Gasteiger partial charge < -0.3 is 40.3 Å². The van der Waals surface area contributed by atoms with Crippen LogP contribution in [0.3, 0.4) is 0 Å². The molecule has 0 unspecified atom stereocenters. The summed E-state index contributed by atoms with van der Waals surface area (Å²) in [6.07, 6.45) is 4.68. The first kappa shape index (κ1) is 36.7. The normalized spacial score (nSPS) is 18.1. The fraction of sp³-hybridized carbons (Fsp3) is 0.279. The Labute approximate surface area is 324 Å². The number of alkyl carbamates (subject to hydrolysis) is 1. The van der Waals surface area contributed by atoms with Gasteiger partial charge in [0.25, 0.3) is 0 Å². The Balaban J connectivity index is 0.942. The summed E-state index contributed by atoms with van der Waals surface area (Å²) in [4.78, 5) is 58.1. The molecule has 0 aliphatic carbocycles. The molecule has 4 atom stereocenters. The third kappa shape index (κ3) is 7.38. The Morgan fingerprint density at radius 2 is 1.39 bits per heavy atom. The molecule has 2 saturated heterocycles. The Morgan fingerprint density at radius 1 is 0.786 bits per heavy atom. The predicted molar refractivity (Wildman–Crippen MR) is 212 cm³/mol. The highest BCUT2D eigenvalue weighted by molar-refractivity contribution is 5.91. The lowest BCUT2D eigenvalue weighted by Gasteiger charge is -2.36. The molecule has 0 spiro atoms. The van der Waals surface area contributed by atoms with Gasteiger partial charge in [-0.25, -0.2) is 14.8 Å². The minimum absolute atomic E-state index is 0.0855. The lowest BCUT2D eigenvalue weighted by atomic mass is 9.98. The number of aromatic nitrogens is 4. The molecule has 0 bridgehead atoms. The number of methoxy groups -OCH3 is 1. The first-order chi connectivity index (χ1) is 27.3. The number of nitrogens with two attached hydrogens (primary N) is 1. The molecular weight excluding hydrogens is 709 g/mol. The number of rotatable bonds is 9. The number of ether oxygens (including phenoxy) is 2. The van der Waals surface area contributed by atoms with Crippen molar-refractivity contribution >= 4 is 28.7 Å². The molecule has 5 N–H and O–H groups in total. The smallest absolute Gasteiger partial charge is 0.407 e. The van der Waals surface area contributed by atoms with Gasteiger partial charge in [-0.15, -0.1) is 0 Å². The van der Waals surface area contributed by atoms with Crippen molar-refractivity contribution in [2.75, 3.05) is 33.4 Å². The van der Waals surface area contributed by atoms with E-state index in [-0.39, 0.29) is 17.9 Å². The molecule has 8 rings (SSSR count). The summed E-state index contributed by atoms with van der Waals surface area (Å²) in [5.41, 5.74) is 13.1. The van der Waals surface area contributed by atoms with Crippen molar-refractivity contribution in [1.29, 1.82) is 0 Å². The van der Waals surface area contributed by atoms with E-state index in [4.69, 9.17) is 15.5 Å². The molecule has 56 heavy (non-hydrogen) atoms. The number of carbonyl (C=O) groups is 3. The van der Waals surface area contributed by atoms with Crippen LogP contribution in [0.5, 0.6) is 0 Å². The molecule has 0 radical (unpaired) electrons. The number of benzene rings is 4. The van der Waals surface area contributed by atoms with Crippen LogP contribution in [0.1, 0.15) is 55.1 Å². The van der Waals surface area contributed by atoms with Gasteiger partial charge in [0.15, 0.2) is 0 Å². The number of hydrogen-bond acceptors (Lipinski definition) is 8. The number of H-pyrrole nitrogens is 2. The number of amides is 3. The minimum atomic E-state index is -0.760. The Morgan fingerprint density at radius 3 is 2.11 bits per heavy atom. The van der Waals surface area contributed by atoms with E-state index >= 15 is 0 Å². The molecule has 2 aromatic heterocycles. The molecule has 2 aliphatic rings. The number of fused-ring (bicyclic) bond motifs is 1. The summed E-state index contributed by atoms with van der Waals surface area (Å²) < 4.78 is 10.4. The van der Waals surface area contributed by atoms with Gasteiger partial charge in [-0.2, -0.15) is 0 Å². The van der Waals surface area contributed by atoms with Gasteiger partial charge >= 0.3 is 6.09 Å². The number of morpholine rings is 1. The predicted octanol–water partition coefficient (Wildman–Crippen LogP) is 6.29. The van der Waals surface area contributed by atoms with E-state index < -0.39 is 24.2 Å². The second-order valence-corrected chi connectivity index (χ2v) is 14.3. The highest BCUT2D eigenvalue weighted by Gasteiger charge is 2.36. The average molecular weight is 753 g/mol. The van der Waals surface area contributed by atoms with Crippen molar-refractivity contribution in [3.8, 4) is 33.6 Å². The zero-order valence-corrected chi connectivity index (χ0v) is 31.3. The zero-order valence-electron chi connectivity index (χ0n) is 31.3. The van der Waals surface area contributed by atoms with E-state index in [9.17, 15) is 14.4 Å². The lowest BCUT2D eigenvalue weighted by Crippen LogP contribution is -2.52. The third-order valence-electron chi connectivity index (χ3n) is 10.8. The molecule has 286 valence electrons. The number of hydrogen-bond donors (Lipinski definition) is 4. The van der Waals surface area contributed by atoms with Crippen LogP contribution in [-0.2, 0) is 19.1 Å². The van der Waals surface area contributed by atoms with Crippen LogP contribution >= 0.6 is 0 Å².